The third-order valence-corrected chi connectivity index (χ3v) is 3.56. The van der Waals surface area contributed by atoms with E-state index in [4.69, 9.17) is 0 Å². The van der Waals surface area contributed by atoms with Gasteiger partial charge in [0.2, 0.25) is 5.91 Å². The second-order valence-electron chi connectivity index (χ2n) is 5.06. The third kappa shape index (κ3) is 2.82. The van der Waals surface area contributed by atoms with Crippen molar-refractivity contribution in [3.63, 3.8) is 0 Å². The van der Waals surface area contributed by atoms with Gasteiger partial charge in [-0.2, -0.15) is 0 Å². The fraction of sp³-hybridized carbons (Fsp3) is 0.538. The van der Waals surface area contributed by atoms with Gasteiger partial charge >= 0.3 is 0 Å². The zero-order valence-corrected chi connectivity index (χ0v) is 10.4. The van der Waals surface area contributed by atoms with Gasteiger partial charge in [-0.05, 0) is 45.1 Å². The normalized spacial score (nSPS) is 19.9. The molecule has 0 aliphatic carbocycles. The standard InChI is InChI=1S/C13H19N3O/c1-13(5-8-16(2)9-6-13)12(17)15-11-4-3-7-14-10-11/h3-4,7,10H,5-6,8-9H2,1-2H3,(H,15,17). The first kappa shape index (κ1) is 12.0. The molecule has 0 bridgehead atoms. The van der Waals surface area contributed by atoms with E-state index in [1.165, 1.54) is 0 Å². The van der Waals surface area contributed by atoms with Gasteiger partial charge in [-0.25, -0.2) is 0 Å². The maximum Gasteiger partial charge on any atom is 0.230 e. The second-order valence-corrected chi connectivity index (χ2v) is 5.06. The lowest BCUT2D eigenvalue weighted by atomic mass is 9.79. The Morgan fingerprint density at radius 1 is 1.47 bits per heavy atom. The molecule has 2 rings (SSSR count). The Morgan fingerprint density at radius 2 is 2.18 bits per heavy atom. The van der Waals surface area contributed by atoms with Crippen molar-refractivity contribution in [2.75, 3.05) is 25.5 Å². The Kier molecular flexibility index (Phi) is 3.43. The SMILES string of the molecule is CN1CCC(C)(C(=O)Nc2cccnc2)CC1. The number of aromatic nitrogens is 1. The van der Waals surface area contributed by atoms with E-state index >= 15 is 0 Å². The molecular weight excluding hydrogens is 214 g/mol. The summed E-state index contributed by atoms with van der Waals surface area (Å²) in [7, 11) is 2.10. The molecule has 0 spiro atoms. The predicted octanol–water partition coefficient (Wildman–Crippen LogP) is 1.75. The molecule has 1 saturated heterocycles. The average Bonchev–Trinajstić information content (AvgIpc) is 2.34. The van der Waals surface area contributed by atoms with Crippen molar-refractivity contribution in [3.8, 4) is 0 Å². The largest absolute Gasteiger partial charge is 0.324 e. The lowest BCUT2D eigenvalue weighted by Crippen LogP contribution is -2.43. The van der Waals surface area contributed by atoms with Crippen molar-refractivity contribution in [2.24, 2.45) is 5.41 Å². The van der Waals surface area contributed by atoms with E-state index in [9.17, 15) is 4.79 Å². The molecule has 1 aliphatic rings. The van der Waals surface area contributed by atoms with Gasteiger partial charge in [-0.1, -0.05) is 6.92 Å². The van der Waals surface area contributed by atoms with E-state index in [0.717, 1.165) is 31.6 Å². The highest BCUT2D eigenvalue weighted by atomic mass is 16.2. The van der Waals surface area contributed by atoms with Gasteiger partial charge in [0.25, 0.3) is 0 Å². The Balaban J connectivity index is 2.00. The van der Waals surface area contributed by atoms with Crippen molar-refractivity contribution in [3.05, 3.63) is 24.5 Å². The molecule has 2 heterocycles. The molecule has 0 radical (unpaired) electrons. The van der Waals surface area contributed by atoms with Crippen molar-refractivity contribution >= 4 is 11.6 Å². The molecule has 92 valence electrons. The molecule has 1 aromatic heterocycles. The number of hydrogen-bond donors (Lipinski definition) is 1. The fourth-order valence-corrected chi connectivity index (χ4v) is 2.06. The van der Waals surface area contributed by atoms with Gasteiger partial charge in [0.05, 0.1) is 11.9 Å². The zero-order chi connectivity index (χ0) is 12.3. The summed E-state index contributed by atoms with van der Waals surface area (Å²) in [6, 6.07) is 3.69. The highest BCUT2D eigenvalue weighted by Gasteiger charge is 2.35. The molecule has 4 nitrogen and oxygen atoms in total. The number of piperidine rings is 1. The number of nitrogens with one attached hydrogen (secondary N) is 1. The molecule has 0 aromatic carbocycles. The molecular formula is C13H19N3O. The van der Waals surface area contributed by atoms with E-state index < -0.39 is 0 Å². The van der Waals surface area contributed by atoms with Crippen LogP contribution in [-0.2, 0) is 4.79 Å². The molecule has 1 amide bonds. The molecule has 1 aromatic rings. The van der Waals surface area contributed by atoms with Crippen molar-refractivity contribution in [2.45, 2.75) is 19.8 Å². The molecule has 4 heteroatoms. The molecule has 1 fully saturated rings. The number of carbonyl (C=O) groups is 1. The van der Waals surface area contributed by atoms with Crippen LogP contribution in [0.3, 0.4) is 0 Å². The number of anilines is 1. The smallest absolute Gasteiger partial charge is 0.230 e. The van der Waals surface area contributed by atoms with Gasteiger partial charge in [0, 0.05) is 11.6 Å². The lowest BCUT2D eigenvalue weighted by Gasteiger charge is -2.36. The van der Waals surface area contributed by atoms with Gasteiger partial charge in [0.1, 0.15) is 0 Å². The van der Waals surface area contributed by atoms with Crippen LogP contribution in [-0.4, -0.2) is 35.9 Å². The Bertz CT molecular complexity index is 383. The van der Waals surface area contributed by atoms with Crippen LogP contribution in [0.2, 0.25) is 0 Å². The quantitative estimate of drug-likeness (QED) is 0.846. The van der Waals surface area contributed by atoms with E-state index in [2.05, 4.69) is 22.2 Å². The lowest BCUT2D eigenvalue weighted by molar-refractivity contribution is -0.127. The third-order valence-electron chi connectivity index (χ3n) is 3.56. The van der Waals surface area contributed by atoms with E-state index in [1.807, 2.05) is 19.1 Å². The number of nitrogens with zero attached hydrogens (tertiary/aromatic N) is 2. The van der Waals surface area contributed by atoms with Crippen LogP contribution in [0.1, 0.15) is 19.8 Å². The second kappa shape index (κ2) is 4.84. The van der Waals surface area contributed by atoms with Gasteiger partial charge < -0.3 is 10.2 Å². The van der Waals surface area contributed by atoms with Crippen LogP contribution in [0.25, 0.3) is 0 Å². The minimum Gasteiger partial charge on any atom is -0.324 e. The molecule has 1 N–H and O–H groups in total. The molecule has 0 atom stereocenters. The van der Waals surface area contributed by atoms with Crippen LogP contribution in [0, 0.1) is 5.41 Å². The van der Waals surface area contributed by atoms with Crippen LogP contribution in [0.15, 0.2) is 24.5 Å². The summed E-state index contributed by atoms with van der Waals surface area (Å²) in [6.07, 6.45) is 5.20. The van der Waals surface area contributed by atoms with Crippen molar-refractivity contribution in [1.82, 2.24) is 9.88 Å². The van der Waals surface area contributed by atoms with Gasteiger partial charge in [-0.15, -0.1) is 0 Å². The average molecular weight is 233 g/mol. The summed E-state index contributed by atoms with van der Waals surface area (Å²) in [5.41, 5.74) is 0.528. The number of amides is 1. The van der Waals surface area contributed by atoms with Crippen LogP contribution >= 0.6 is 0 Å². The van der Waals surface area contributed by atoms with E-state index in [-0.39, 0.29) is 11.3 Å². The number of carbonyl (C=O) groups excluding carboxylic acids is 1. The maximum atomic E-state index is 12.2. The van der Waals surface area contributed by atoms with Gasteiger partial charge in [0.15, 0.2) is 0 Å². The summed E-state index contributed by atoms with van der Waals surface area (Å²) in [5.74, 6) is 0.110. The summed E-state index contributed by atoms with van der Waals surface area (Å²) < 4.78 is 0. The first-order chi connectivity index (χ1) is 8.10. The van der Waals surface area contributed by atoms with Crippen LogP contribution in [0.5, 0.6) is 0 Å². The number of likely N-dealkylation sites (tertiary alicyclic amines) is 1. The minimum atomic E-state index is -0.248. The minimum absolute atomic E-state index is 0.110. The van der Waals surface area contributed by atoms with Crippen molar-refractivity contribution < 1.29 is 4.79 Å². The summed E-state index contributed by atoms with van der Waals surface area (Å²) in [5, 5.41) is 2.95. The van der Waals surface area contributed by atoms with Crippen LogP contribution in [0.4, 0.5) is 5.69 Å². The first-order valence-corrected chi connectivity index (χ1v) is 6.00. The van der Waals surface area contributed by atoms with E-state index in [0.29, 0.717) is 0 Å². The Labute approximate surface area is 102 Å². The Morgan fingerprint density at radius 3 is 2.76 bits per heavy atom. The number of pyridine rings is 1. The van der Waals surface area contributed by atoms with Gasteiger partial charge in [-0.3, -0.25) is 9.78 Å². The molecule has 17 heavy (non-hydrogen) atoms. The predicted molar refractivity (Wildman–Crippen MR) is 67.7 cm³/mol. The summed E-state index contributed by atoms with van der Waals surface area (Å²) in [4.78, 5) is 18.5. The zero-order valence-electron chi connectivity index (χ0n) is 10.4. The fourth-order valence-electron chi connectivity index (χ4n) is 2.06. The monoisotopic (exact) mass is 233 g/mol. The summed E-state index contributed by atoms with van der Waals surface area (Å²) in [6.45, 7) is 4.01. The summed E-state index contributed by atoms with van der Waals surface area (Å²) >= 11 is 0. The highest BCUT2D eigenvalue weighted by molar-refractivity contribution is 5.94. The number of hydrogen-bond acceptors (Lipinski definition) is 3. The van der Waals surface area contributed by atoms with Crippen LogP contribution < -0.4 is 5.32 Å². The Hall–Kier alpha value is -1.42. The molecule has 0 unspecified atom stereocenters. The highest BCUT2D eigenvalue weighted by Crippen LogP contribution is 2.31. The first-order valence-electron chi connectivity index (χ1n) is 6.00. The molecule has 1 aliphatic heterocycles. The topological polar surface area (TPSA) is 45.2 Å². The number of rotatable bonds is 2. The molecule has 0 saturated carbocycles. The van der Waals surface area contributed by atoms with E-state index in [1.54, 1.807) is 12.4 Å². The van der Waals surface area contributed by atoms with Crippen molar-refractivity contribution in [1.29, 1.82) is 0 Å². The maximum absolute atomic E-state index is 12.2.